The van der Waals surface area contributed by atoms with Crippen LogP contribution in [0, 0.1) is 0 Å². The van der Waals surface area contributed by atoms with Gasteiger partial charge in [0.15, 0.2) is 0 Å². The van der Waals surface area contributed by atoms with Gasteiger partial charge in [0.1, 0.15) is 0 Å². The molecule has 0 saturated carbocycles. The molecule has 1 amide bonds. The van der Waals surface area contributed by atoms with E-state index in [-0.39, 0.29) is 0 Å². The van der Waals surface area contributed by atoms with Crippen LogP contribution < -0.4 is 5.32 Å². The molecular weight excluding hydrogens is 130 g/mol. The lowest BCUT2D eigenvalue weighted by molar-refractivity contribution is 0.176. The Morgan fingerprint density at radius 1 is 1.70 bits per heavy atom. The summed E-state index contributed by atoms with van der Waals surface area (Å²) in [6.45, 7) is 7.67. The molecule has 0 spiro atoms. The molecule has 58 valence electrons. The number of ether oxygens (including phenoxy) is 1. The van der Waals surface area contributed by atoms with E-state index in [4.69, 9.17) is 0 Å². The summed E-state index contributed by atoms with van der Waals surface area (Å²) in [7, 11) is 0. The summed E-state index contributed by atoms with van der Waals surface area (Å²) in [4.78, 5) is 10.6. The highest BCUT2D eigenvalue weighted by molar-refractivity contribution is 5.68. The molecule has 0 fully saturated rings. The summed E-state index contributed by atoms with van der Waals surface area (Å²) >= 11 is 0. The molecule has 0 unspecified atom stereocenters. The molecule has 0 saturated heterocycles. The molecule has 0 aromatic heterocycles. The summed E-state index contributed by atoms with van der Waals surface area (Å²) in [5.74, 6) is 0.411. The zero-order valence-electron chi connectivity index (χ0n) is 6.44. The van der Waals surface area contributed by atoms with Gasteiger partial charge in [-0.2, -0.15) is 0 Å². The number of carbonyl (C=O) groups is 1. The first-order chi connectivity index (χ1) is 4.66. The number of hydrogen-bond donors (Lipinski definition) is 1. The van der Waals surface area contributed by atoms with Gasteiger partial charge in [-0.1, -0.05) is 13.5 Å². The lowest BCUT2D eigenvalue weighted by atomic mass is 10.5. The lowest BCUT2D eigenvalue weighted by Crippen LogP contribution is -2.24. The zero-order valence-corrected chi connectivity index (χ0v) is 6.44. The van der Waals surface area contributed by atoms with Crippen LogP contribution in [0.15, 0.2) is 12.3 Å². The van der Waals surface area contributed by atoms with Crippen molar-refractivity contribution in [2.24, 2.45) is 0 Å². The summed E-state index contributed by atoms with van der Waals surface area (Å²) in [6, 6.07) is 0. The largest absolute Gasteiger partial charge is 0.416 e. The van der Waals surface area contributed by atoms with Crippen LogP contribution in [0.3, 0.4) is 0 Å². The van der Waals surface area contributed by atoms with Crippen molar-refractivity contribution in [3.05, 3.63) is 12.3 Å². The Balaban J connectivity index is 3.35. The van der Waals surface area contributed by atoms with E-state index in [2.05, 4.69) is 16.6 Å². The van der Waals surface area contributed by atoms with Crippen molar-refractivity contribution in [2.75, 3.05) is 6.54 Å². The van der Waals surface area contributed by atoms with E-state index in [1.165, 1.54) is 0 Å². The second-order valence-corrected chi connectivity index (χ2v) is 2.02. The highest BCUT2D eigenvalue weighted by atomic mass is 16.6. The smallest absolute Gasteiger partial charge is 0.412 e. The molecule has 0 radical (unpaired) electrons. The van der Waals surface area contributed by atoms with Gasteiger partial charge in [0.05, 0.1) is 5.76 Å². The molecule has 1 N–H and O–H groups in total. The van der Waals surface area contributed by atoms with Gasteiger partial charge in [-0.25, -0.2) is 4.79 Å². The maximum atomic E-state index is 10.6. The van der Waals surface area contributed by atoms with Crippen molar-refractivity contribution < 1.29 is 9.53 Å². The molecule has 0 aliphatic carbocycles. The van der Waals surface area contributed by atoms with E-state index >= 15 is 0 Å². The standard InChI is InChI=1S/C7H13NO2/c1-4-5-8-7(9)10-6(2)3/h2,4-5H2,1,3H3,(H,8,9). The van der Waals surface area contributed by atoms with Crippen LogP contribution in [0.1, 0.15) is 20.3 Å². The van der Waals surface area contributed by atoms with E-state index in [1.54, 1.807) is 6.92 Å². The average Bonchev–Trinajstić information content (AvgIpc) is 1.82. The molecule has 0 bridgehead atoms. The average molecular weight is 143 g/mol. The van der Waals surface area contributed by atoms with Crippen LogP contribution >= 0.6 is 0 Å². The molecule has 0 atom stereocenters. The van der Waals surface area contributed by atoms with E-state index < -0.39 is 6.09 Å². The lowest BCUT2D eigenvalue weighted by Gasteiger charge is -2.02. The molecule has 10 heavy (non-hydrogen) atoms. The maximum absolute atomic E-state index is 10.6. The Morgan fingerprint density at radius 3 is 2.70 bits per heavy atom. The van der Waals surface area contributed by atoms with Crippen molar-refractivity contribution in [3.8, 4) is 0 Å². The minimum atomic E-state index is -0.422. The fourth-order valence-corrected chi connectivity index (χ4v) is 0.421. The molecule has 0 aromatic rings. The van der Waals surface area contributed by atoms with Gasteiger partial charge >= 0.3 is 6.09 Å². The first-order valence-electron chi connectivity index (χ1n) is 3.28. The second kappa shape index (κ2) is 4.85. The molecule has 0 heterocycles. The van der Waals surface area contributed by atoms with E-state index in [9.17, 15) is 4.79 Å². The van der Waals surface area contributed by atoms with Crippen molar-refractivity contribution in [1.29, 1.82) is 0 Å². The van der Waals surface area contributed by atoms with Crippen LogP contribution in [0.5, 0.6) is 0 Å². The molecular formula is C7H13NO2. The van der Waals surface area contributed by atoms with Gasteiger partial charge in [-0.05, 0) is 13.3 Å². The number of alkyl carbamates (subject to hydrolysis) is 1. The highest BCUT2D eigenvalue weighted by Gasteiger charge is 1.97. The normalized spacial score (nSPS) is 8.60. The van der Waals surface area contributed by atoms with Gasteiger partial charge in [0.2, 0.25) is 0 Å². The summed E-state index contributed by atoms with van der Waals surface area (Å²) in [5, 5.41) is 2.54. The summed E-state index contributed by atoms with van der Waals surface area (Å²) in [5.41, 5.74) is 0. The summed E-state index contributed by atoms with van der Waals surface area (Å²) < 4.78 is 4.61. The number of rotatable bonds is 3. The minimum absolute atomic E-state index is 0.411. The first kappa shape index (κ1) is 9.01. The SMILES string of the molecule is C=C(C)OC(=O)NCCC. The quantitative estimate of drug-likeness (QED) is 0.610. The van der Waals surface area contributed by atoms with Crippen molar-refractivity contribution in [3.63, 3.8) is 0 Å². The van der Waals surface area contributed by atoms with E-state index in [0.29, 0.717) is 12.3 Å². The fraction of sp³-hybridized carbons (Fsp3) is 0.571. The number of nitrogens with one attached hydrogen (secondary N) is 1. The molecule has 0 rings (SSSR count). The van der Waals surface area contributed by atoms with Crippen LogP contribution in [0.2, 0.25) is 0 Å². The molecule has 0 aliphatic rings. The van der Waals surface area contributed by atoms with Gasteiger partial charge in [-0.3, -0.25) is 0 Å². The topological polar surface area (TPSA) is 38.3 Å². The monoisotopic (exact) mass is 143 g/mol. The highest BCUT2D eigenvalue weighted by Crippen LogP contribution is 1.89. The third-order valence-electron chi connectivity index (χ3n) is 0.786. The van der Waals surface area contributed by atoms with Gasteiger partial charge in [0.25, 0.3) is 0 Å². The van der Waals surface area contributed by atoms with Gasteiger partial charge in [-0.15, -0.1) is 0 Å². The van der Waals surface area contributed by atoms with Crippen LogP contribution in [-0.4, -0.2) is 12.6 Å². The molecule has 3 nitrogen and oxygen atoms in total. The van der Waals surface area contributed by atoms with Gasteiger partial charge in [0, 0.05) is 6.54 Å². The van der Waals surface area contributed by atoms with Gasteiger partial charge < -0.3 is 10.1 Å². The van der Waals surface area contributed by atoms with Crippen molar-refractivity contribution in [1.82, 2.24) is 5.32 Å². The number of hydrogen-bond acceptors (Lipinski definition) is 2. The Morgan fingerprint density at radius 2 is 2.30 bits per heavy atom. The van der Waals surface area contributed by atoms with Crippen LogP contribution in [0.4, 0.5) is 4.79 Å². The number of allylic oxidation sites excluding steroid dienone is 1. The Kier molecular flexibility index (Phi) is 4.37. The zero-order chi connectivity index (χ0) is 7.98. The minimum Gasteiger partial charge on any atom is -0.416 e. The van der Waals surface area contributed by atoms with E-state index in [0.717, 1.165) is 6.42 Å². The Bertz CT molecular complexity index is 132. The second-order valence-electron chi connectivity index (χ2n) is 2.02. The predicted molar refractivity (Wildman–Crippen MR) is 39.6 cm³/mol. The third-order valence-corrected chi connectivity index (χ3v) is 0.786. The molecule has 0 aliphatic heterocycles. The predicted octanol–water partition coefficient (Wildman–Crippen LogP) is 1.66. The van der Waals surface area contributed by atoms with Crippen molar-refractivity contribution in [2.45, 2.75) is 20.3 Å². The summed E-state index contributed by atoms with van der Waals surface area (Å²) in [6.07, 6.45) is 0.486. The molecule has 0 aromatic carbocycles. The van der Waals surface area contributed by atoms with Crippen LogP contribution in [-0.2, 0) is 4.74 Å². The first-order valence-corrected chi connectivity index (χ1v) is 3.28. The molecule has 3 heteroatoms. The fourth-order valence-electron chi connectivity index (χ4n) is 0.421. The van der Waals surface area contributed by atoms with Crippen molar-refractivity contribution >= 4 is 6.09 Å². The van der Waals surface area contributed by atoms with E-state index in [1.807, 2.05) is 6.92 Å². The number of carbonyl (C=O) groups excluding carboxylic acids is 1. The van der Waals surface area contributed by atoms with Crippen LogP contribution in [0.25, 0.3) is 0 Å². The maximum Gasteiger partial charge on any atom is 0.412 e. The third kappa shape index (κ3) is 5.15. The Labute approximate surface area is 61.1 Å². The Hall–Kier alpha value is -0.990. The number of amides is 1.